The molecule has 0 radical (unpaired) electrons. The number of aromatic nitrogens is 3. The van der Waals surface area contributed by atoms with Crippen molar-refractivity contribution in [1.29, 1.82) is 5.26 Å². The van der Waals surface area contributed by atoms with Crippen LogP contribution in [0.5, 0.6) is 0 Å². The van der Waals surface area contributed by atoms with Crippen LogP contribution in [0.3, 0.4) is 0 Å². The van der Waals surface area contributed by atoms with Crippen LogP contribution < -0.4 is 26.2 Å². The Morgan fingerprint density at radius 2 is 0.818 bits per heavy atom. The van der Waals surface area contributed by atoms with Gasteiger partial charge >= 0.3 is 0 Å². The molecule has 6 nitrogen and oxygen atoms in total. The van der Waals surface area contributed by atoms with Gasteiger partial charge in [-0.2, -0.15) is 5.26 Å². The van der Waals surface area contributed by atoms with E-state index in [4.69, 9.17) is 9.97 Å². The third-order valence-corrected chi connectivity index (χ3v) is 18.2. The van der Waals surface area contributed by atoms with Crippen molar-refractivity contribution in [2.45, 2.75) is 105 Å². The summed E-state index contributed by atoms with van der Waals surface area (Å²) in [5, 5.41) is 13.3. The smallest absolute Gasteiger partial charge is 0.252 e. The fourth-order valence-corrected chi connectivity index (χ4v) is 13.3. The molecular formula is C81H73BN6. The summed E-state index contributed by atoms with van der Waals surface area (Å²) in [6.45, 7) is 28.0. The fourth-order valence-electron chi connectivity index (χ4n) is 13.3. The van der Waals surface area contributed by atoms with E-state index in [-0.39, 0.29) is 28.4 Å². The van der Waals surface area contributed by atoms with Gasteiger partial charge in [0.1, 0.15) is 0 Å². The van der Waals surface area contributed by atoms with E-state index in [1.165, 1.54) is 61.4 Å². The van der Waals surface area contributed by atoms with Gasteiger partial charge in [-0.25, -0.2) is 9.97 Å². The quantitative estimate of drug-likeness (QED) is 0.149. The molecule has 0 aliphatic carbocycles. The first-order valence-electron chi connectivity index (χ1n) is 31.0. The van der Waals surface area contributed by atoms with E-state index in [1.54, 1.807) is 0 Å². The highest BCUT2D eigenvalue weighted by Gasteiger charge is 2.44. The van der Waals surface area contributed by atoms with Crippen LogP contribution in [0, 0.1) is 11.3 Å². The van der Waals surface area contributed by atoms with Gasteiger partial charge in [0.15, 0.2) is 5.82 Å². The largest absolute Gasteiger partial charge is 0.311 e. The Labute approximate surface area is 519 Å². The molecule has 4 heterocycles. The van der Waals surface area contributed by atoms with Gasteiger partial charge in [0.2, 0.25) is 0 Å². The number of benzene rings is 10. The second kappa shape index (κ2) is 20.7. The van der Waals surface area contributed by atoms with Gasteiger partial charge in [0, 0.05) is 67.3 Å². The van der Waals surface area contributed by atoms with Crippen molar-refractivity contribution < 1.29 is 0 Å². The third-order valence-electron chi connectivity index (χ3n) is 18.2. The number of anilines is 6. The second-order valence-corrected chi connectivity index (χ2v) is 28.3. The van der Waals surface area contributed by atoms with Crippen LogP contribution >= 0.6 is 0 Å². The Balaban J connectivity index is 1.000. The molecular weight excluding hydrogens is 1070 g/mol. The van der Waals surface area contributed by atoms with Gasteiger partial charge < -0.3 is 14.4 Å². The molecule has 0 spiro atoms. The molecule has 10 aromatic carbocycles. The van der Waals surface area contributed by atoms with Gasteiger partial charge in [-0.1, -0.05) is 217 Å². The molecule has 0 saturated carbocycles. The minimum atomic E-state index is -0.101. The normalized spacial score (nSPS) is 13.1. The van der Waals surface area contributed by atoms with Crippen molar-refractivity contribution in [2.24, 2.45) is 0 Å². The molecule has 12 aromatic rings. The highest BCUT2D eigenvalue weighted by atomic mass is 15.2. The first kappa shape index (κ1) is 56.1. The fraction of sp³-hybridized carbons (Fsp3) is 0.198. The zero-order valence-corrected chi connectivity index (χ0v) is 52.6. The first-order valence-corrected chi connectivity index (χ1v) is 31.0. The van der Waals surface area contributed by atoms with Crippen LogP contribution in [0.2, 0.25) is 0 Å². The maximum Gasteiger partial charge on any atom is 0.252 e. The molecule has 0 bridgehead atoms. The zero-order valence-electron chi connectivity index (χ0n) is 52.6. The van der Waals surface area contributed by atoms with E-state index in [0.717, 1.165) is 72.5 Å². The molecule has 0 atom stereocenters. The Bertz CT molecular complexity index is 4540. The molecule has 430 valence electrons. The summed E-state index contributed by atoms with van der Waals surface area (Å²) in [7, 11) is 0. The van der Waals surface area contributed by atoms with Crippen LogP contribution in [-0.2, 0) is 21.7 Å². The summed E-state index contributed by atoms with van der Waals surface area (Å²) in [4.78, 5) is 15.4. The Morgan fingerprint density at radius 3 is 1.31 bits per heavy atom. The molecule has 88 heavy (non-hydrogen) atoms. The number of nitrogens with zero attached hydrogens (tertiary/aromatic N) is 6. The summed E-state index contributed by atoms with van der Waals surface area (Å²) in [6.07, 6.45) is 0. The number of para-hydroxylation sites is 3. The molecule has 0 unspecified atom stereocenters. The number of hydrogen-bond acceptors (Lipinski definition) is 5. The van der Waals surface area contributed by atoms with Gasteiger partial charge in [0.05, 0.1) is 34.1 Å². The topological polar surface area (TPSA) is 61.0 Å². The van der Waals surface area contributed by atoms with Crippen molar-refractivity contribution in [2.75, 3.05) is 9.80 Å². The van der Waals surface area contributed by atoms with Crippen molar-refractivity contribution in [3.63, 3.8) is 0 Å². The molecule has 0 fully saturated rings. The molecule has 7 heteroatoms. The Kier molecular flexibility index (Phi) is 13.2. The molecule has 0 N–H and O–H groups in total. The lowest BCUT2D eigenvalue weighted by atomic mass is 9.33. The van der Waals surface area contributed by atoms with E-state index >= 15 is 0 Å². The molecule has 0 saturated heterocycles. The van der Waals surface area contributed by atoms with Crippen molar-refractivity contribution >= 4 is 79.0 Å². The van der Waals surface area contributed by atoms with Crippen LogP contribution in [-0.4, -0.2) is 21.2 Å². The summed E-state index contributed by atoms with van der Waals surface area (Å²) in [5.74, 6) is 0.503. The SMILES string of the molecule is CC(C)(C)c1cc(N2c3ccccc3B3c4ccccc4N(c4cc(C(C)(C)C)cc(C(C)(C)C)c4)c4cc(-c5ccc6c(c5)c5ccccc5n6-c5ccc(-c6nc(-c7ccccc7)cc(-c7ccccc7)n6)c(C#N)c5)cc2c43)cc(C(C)(C)C)c1. The number of fused-ring (bicyclic) bond motifs is 7. The number of rotatable bonds is 7. The molecule has 2 aromatic heterocycles. The van der Waals surface area contributed by atoms with E-state index in [9.17, 15) is 5.26 Å². The van der Waals surface area contributed by atoms with E-state index in [2.05, 4.69) is 273 Å². The van der Waals surface area contributed by atoms with Crippen molar-refractivity contribution in [3.05, 3.63) is 252 Å². The molecule has 0 amide bonds. The lowest BCUT2D eigenvalue weighted by Gasteiger charge is -2.45. The highest BCUT2D eigenvalue weighted by molar-refractivity contribution is 7.00. The van der Waals surface area contributed by atoms with Gasteiger partial charge in [-0.05, 0) is 162 Å². The van der Waals surface area contributed by atoms with Crippen LogP contribution in [0.4, 0.5) is 34.1 Å². The van der Waals surface area contributed by atoms with Crippen LogP contribution in [0.15, 0.2) is 224 Å². The van der Waals surface area contributed by atoms with E-state index < -0.39 is 0 Å². The van der Waals surface area contributed by atoms with Gasteiger partial charge in [-0.15, -0.1) is 0 Å². The first-order chi connectivity index (χ1) is 42.1. The van der Waals surface area contributed by atoms with Crippen molar-refractivity contribution in [3.8, 4) is 56.8 Å². The summed E-state index contributed by atoms with van der Waals surface area (Å²) in [6, 6.07) is 84.6. The Morgan fingerprint density at radius 1 is 0.364 bits per heavy atom. The van der Waals surface area contributed by atoms with Crippen LogP contribution in [0.25, 0.3) is 72.5 Å². The third kappa shape index (κ3) is 9.67. The van der Waals surface area contributed by atoms with Gasteiger partial charge in [-0.3, -0.25) is 0 Å². The standard InChI is InChI=1S/C81H73BN6/c1-78(2,3)56-43-57(79(4,5)6)46-61(45-56)87-72-33-23-20-30-66(72)82-67-31-21-24-34-73(67)88(62-47-58(80(7,8)9)44-59(48-62)81(10,11)12)75-42-54(41-74(87)76(75)82)53-35-38-71-65(40-53)64-29-19-22-32-70(64)86(71)60-36-37-63(55(39-60)50-83)77-84-68(51-25-15-13-16-26-51)49-69(85-77)52-27-17-14-18-28-52/h13-49H,1-12H3. The average Bonchev–Trinajstić information content (AvgIpc) is 0.792. The second-order valence-electron chi connectivity index (χ2n) is 28.3. The summed E-state index contributed by atoms with van der Waals surface area (Å²) >= 11 is 0. The molecule has 2 aliphatic heterocycles. The van der Waals surface area contributed by atoms with Crippen LogP contribution in [0.1, 0.15) is 111 Å². The minimum Gasteiger partial charge on any atom is -0.311 e. The number of nitriles is 1. The van der Waals surface area contributed by atoms with E-state index in [1.807, 2.05) is 54.6 Å². The molecule has 14 rings (SSSR count). The monoisotopic (exact) mass is 1140 g/mol. The predicted molar refractivity (Wildman–Crippen MR) is 372 cm³/mol. The molecule has 2 aliphatic rings. The lowest BCUT2D eigenvalue weighted by molar-refractivity contribution is 0.568. The lowest BCUT2D eigenvalue weighted by Crippen LogP contribution is -2.61. The Hall–Kier alpha value is -9.77. The average molecular weight is 1140 g/mol. The minimum absolute atomic E-state index is 0.0323. The summed E-state index contributed by atoms with van der Waals surface area (Å²) < 4.78 is 2.30. The zero-order chi connectivity index (χ0) is 61.2. The predicted octanol–water partition coefficient (Wildman–Crippen LogP) is 19.4. The highest BCUT2D eigenvalue weighted by Crippen LogP contribution is 2.49. The summed E-state index contributed by atoms with van der Waals surface area (Å²) in [5.41, 5.74) is 25.7. The van der Waals surface area contributed by atoms with E-state index in [0.29, 0.717) is 17.0 Å². The van der Waals surface area contributed by atoms with Crippen molar-refractivity contribution in [1.82, 2.24) is 14.5 Å². The van der Waals surface area contributed by atoms with Gasteiger partial charge in [0.25, 0.3) is 6.71 Å². The number of hydrogen-bond donors (Lipinski definition) is 0. The maximum absolute atomic E-state index is 11.1. The maximum atomic E-state index is 11.1.